The number of amides is 2. The Labute approximate surface area is 171 Å². The minimum atomic E-state index is -0.143. The van der Waals surface area contributed by atoms with Gasteiger partial charge in [-0.05, 0) is 44.7 Å². The van der Waals surface area contributed by atoms with E-state index < -0.39 is 0 Å². The van der Waals surface area contributed by atoms with E-state index >= 15 is 0 Å². The Hall–Kier alpha value is -2.47. The average molecular weight is 393 g/mol. The van der Waals surface area contributed by atoms with E-state index in [0.29, 0.717) is 25.0 Å². The number of benzene rings is 1. The van der Waals surface area contributed by atoms with E-state index in [1.807, 2.05) is 42.2 Å². The first-order valence-corrected chi connectivity index (χ1v) is 10.8. The first-order chi connectivity index (χ1) is 14.1. The molecule has 2 heterocycles. The number of para-hydroxylation sites is 1. The second-order valence-corrected chi connectivity index (χ2v) is 8.67. The molecule has 1 aromatic heterocycles. The minimum Gasteiger partial charge on any atom is -0.352 e. The number of pyridine rings is 1. The van der Waals surface area contributed by atoms with Gasteiger partial charge in [0.15, 0.2) is 0 Å². The Morgan fingerprint density at radius 2 is 1.79 bits per heavy atom. The van der Waals surface area contributed by atoms with Crippen molar-refractivity contribution >= 4 is 22.7 Å². The Balaban J connectivity index is 1.30. The number of nitrogens with zero attached hydrogens (tertiary/aromatic N) is 3. The van der Waals surface area contributed by atoms with Crippen molar-refractivity contribution < 1.29 is 9.59 Å². The SMILES string of the molecule is CC(C(=O)NC1CC1)N1CCN(C(=O)c2cc(C3CC3)nc3ccccc23)CC1. The van der Waals surface area contributed by atoms with Crippen molar-refractivity contribution in [1.29, 1.82) is 0 Å². The van der Waals surface area contributed by atoms with Gasteiger partial charge < -0.3 is 10.2 Å². The van der Waals surface area contributed by atoms with Gasteiger partial charge in [0.1, 0.15) is 0 Å². The molecule has 3 aliphatic rings. The maximum absolute atomic E-state index is 13.4. The lowest BCUT2D eigenvalue weighted by molar-refractivity contribution is -0.126. The van der Waals surface area contributed by atoms with Crippen molar-refractivity contribution in [3.8, 4) is 0 Å². The molecule has 29 heavy (non-hydrogen) atoms. The lowest BCUT2D eigenvalue weighted by Gasteiger charge is -2.37. The molecule has 1 atom stereocenters. The van der Waals surface area contributed by atoms with E-state index in [4.69, 9.17) is 4.98 Å². The third-order valence-corrected chi connectivity index (χ3v) is 6.41. The quantitative estimate of drug-likeness (QED) is 0.849. The normalized spacial score (nSPS) is 21.2. The van der Waals surface area contributed by atoms with Crippen molar-refractivity contribution in [2.24, 2.45) is 0 Å². The van der Waals surface area contributed by atoms with Gasteiger partial charge in [-0.1, -0.05) is 18.2 Å². The lowest BCUT2D eigenvalue weighted by atomic mass is 10.0. The Kier molecular flexibility index (Phi) is 4.74. The largest absolute Gasteiger partial charge is 0.352 e. The highest BCUT2D eigenvalue weighted by Crippen LogP contribution is 2.40. The number of carbonyl (C=O) groups is 2. The predicted octanol–water partition coefficient (Wildman–Crippen LogP) is 2.54. The molecule has 0 bridgehead atoms. The van der Waals surface area contributed by atoms with Crippen molar-refractivity contribution in [3.63, 3.8) is 0 Å². The number of carbonyl (C=O) groups excluding carboxylic acids is 2. The fourth-order valence-electron chi connectivity index (χ4n) is 4.16. The molecule has 2 amide bonds. The smallest absolute Gasteiger partial charge is 0.254 e. The minimum absolute atomic E-state index is 0.0836. The first kappa shape index (κ1) is 18.6. The van der Waals surface area contributed by atoms with E-state index in [1.165, 1.54) is 12.8 Å². The van der Waals surface area contributed by atoms with Crippen molar-refractivity contribution in [2.45, 2.75) is 50.6 Å². The third-order valence-electron chi connectivity index (χ3n) is 6.41. The average Bonchev–Trinajstić information content (AvgIpc) is 3.66. The van der Waals surface area contributed by atoms with Gasteiger partial charge in [-0.2, -0.15) is 0 Å². The second kappa shape index (κ2) is 7.41. The van der Waals surface area contributed by atoms with E-state index in [9.17, 15) is 9.59 Å². The van der Waals surface area contributed by atoms with E-state index in [0.717, 1.165) is 48.1 Å². The van der Waals surface area contributed by atoms with Crippen LogP contribution in [0.2, 0.25) is 0 Å². The molecule has 1 saturated heterocycles. The molecule has 3 fully saturated rings. The van der Waals surface area contributed by atoms with Crippen LogP contribution in [0.5, 0.6) is 0 Å². The molecule has 1 unspecified atom stereocenters. The maximum Gasteiger partial charge on any atom is 0.254 e. The Bertz CT molecular complexity index is 943. The number of rotatable bonds is 5. The number of piperazine rings is 1. The van der Waals surface area contributed by atoms with Gasteiger partial charge in [-0.3, -0.25) is 19.5 Å². The van der Waals surface area contributed by atoms with Crippen LogP contribution in [-0.2, 0) is 4.79 Å². The third kappa shape index (κ3) is 3.86. The topological polar surface area (TPSA) is 65.5 Å². The highest BCUT2D eigenvalue weighted by molar-refractivity contribution is 6.06. The Morgan fingerprint density at radius 3 is 2.48 bits per heavy atom. The fraction of sp³-hybridized carbons (Fsp3) is 0.522. The second-order valence-electron chi connectivity index (χ2n) is 8.67. The molecule has 5 rings (SSSR count). The summed E-state index contributed by atoms with van der Waals surface area (Å²) >= 11 is 0. The molecule has 2 aliphatic carbocycles. The van der Waals surface area contributed by atoms with Crippen LogP contribution in [0.15, 0.2) is 30.3 Å². The molecule has 1 aliphatic heterocycles. The molecule has 152 valence electrons. The van der Waals surface area contributed by atoms with E-state index in [1.54, 1.807) is 0 Å². The highest BCUT2D eigenvalue weighted by Gasteiger charge is 2.32. The molecule has 2 aromatic rings. The standard InChI is InChI=1S/C23H28N4O2/c1-15(22(28)24-17-8-9-17)26-10-12-27(13-11-26)23(29)19-14-21(16-6-7-16)25-20-5-3-2-4-18(19)20/h2-5,14-17H,6-13H2,1H3,(H,24,28). The van der Waals surface area contributed by atoms with Crippen LogP contribution in [0.1, 0.15) is 54.6 Å². The van der Waals surface area contributed by atoms with E-state index in [-0.39, 0.29) is 17.9 Å². The van der Waals surface area contributed by atoms with Gasteiger partial charge >= 0.3 is 0 Å². The summed E-state index contributed by atoms with van der Waals surface area (Å²) in [7, 11) is 0. The zero-order valence-corrected chi connectivity index (χ0v) is 16.9. The summed E-state index contributed by atoms with van der Waals surface area (Å²) in [6.45, 7) is 4.71. The summed E-state index contributed by atoms with van der Waals surface area (Å²) in [6, 6.07) is 10.2. The zero-order chi connectivity index (χ0) is 20.0. The van der Waals surface area contributed by atoms with Gasteiger partial charge in [-0.15, -0.1) is 0 Å². The summed E-state index contributed by atoms with van der Waals surface area (Å²) in [4.78, 5) is 34.6. The zero-order valence-electron chi connectivity index (χ0n) is 16.9. The molecular weight excluding hydrogens is 364 g/mol. The van der Waals surface area contributed by atoms with Crippen molar-refractivity contribution in [3.05, 3.63) is 41.6 Å². The van der Waals surface area contributed by atoms with Crippen molar-refractivity contribution in [2.75, 3.05) is 26.2 Å². The summed E-state index contributed by atoms with van der Waals surface area (Å²) in [5.74, 6) is 0.704. The van der Waals surface area contributed by atoms with Crippen LogP contribution >= 0.6 is 0 Å². The summed E-state index contributed by atoms with van der Waals surface area (Å²) in [5.41, 5.74) is 2.73. The van der Waals surface area contributed by atoms with Crippen LogP contribution in [-0.4, -0.2) is 64.9 Å². The lowest BCUT2D eigenvalue weighted by Crippen LogP contribution is -2.55. The number of fused-ring (bicyclic) bond motifs is 1. The molecule has 6 nitrogen and oxygen atoms in total. The fourth-order valence-corrected chi connectivity index (χ4v) is 4.16. The van der Waals surface area contributed by atoms with Crippen LogP contribution in [0.4, 0.5) is 0 Å². The summed E-state index contributed by atoms with van der Waals surface area (Å²) < 4.78 is 0. The van der Waals surface area contributed by atoms with Crippen LogP contribution in [0, 0.1) is 0 Å². The van der Waals surface area contributed by atoms with Crippen LogP contribution in [0.3, 0.4) is 0 Å². The van der Waals surface area contributed by atoms with Gasteiger partial charge in [0, 0.05) is 49.2 Å². The van der Waals surface area contributed by atoms with Crippen LogP contribution in [0.25, 0.3) is 10.9 Å². The predicted molar refractivity (Wildman–Crippen MR) is 112 cm³/mol. The molecule has 0 spiro atoms. The number of aromatic nitrogens is 1. The number of hydrogen-bond acceptors (Lipinski definition) is 4. The molecule has 1 N–H and O–H groups in total. The van der Waals surface area contributed by atoms with Gasteiger partial charge in [0.05, 0.1) is 17.1 Å². The molecule has 1 aromatic carbocycles. The summed E-state index contributed by atoms with van der Waals surface area (Å²) in [6.07, 6.45) is 4.53. The first-order valence-electron chi connectivity index (χ1n) is 10.8. The number of nitrogens with one attached hydrogen (secondary N) is 1. The van der Waals surface area contributed by atoms with Crippen molar-refractivity contribution in [1.82, 2.24) is 20.1 Å². The maximum atomic E-state index is 13.4. The molecular formula is C23H28N4O2. The highest BCUT2D eigenvalue weighted by atomic mass is 16.2. The Morgan fingerprint density at radius 1 is 1.07 bits per heavy atom. The molecule has 2 saturated carbocycles. The summed E-state index contributed by atoms with van der Waals surface area (Å²) in [5, 5.41) is 4.02. The molecule has 6 heteroatoms. The van der Waals surface area contributed by atoms with E-state index in [2.05, 4.69) is 10.2 Å². The number of hydrogen-bond donors (Lipinski definition) is 1. The monoisotopic (exact) mass is 392 g/mol. The van der Waals surface area contributed by atoms with Gasteiger partial charge in [0.2, 0.25) is 5.91 Å². The van der Waals surface area contributed by atoms with Gasteiger partial charge in [0.25, 0.3) is 5.91 Å². The molecule has 0 radical (unpaired) electrons. The van der Waals surface area contributed by atoms with Crippen LogP contribution < -0.4 is 5.32 Å². The van der Waals surface area contributed by atoms with Gasteiger partial charge in [-0.25, -0.2) is 0 Å².